The van der Waals surface area contributed by atoms with Gasteiger partial charge < -0.3 is 9.84 Å². The van der Waals surface area contributed by atoms with Crippen molar-refractivity contribution in [1.82, 2.24) is 0 Å². The quantitative estimate of drug-likeness (QED) is 0.912. The molecule has 1 atom stereocenters. The maximum absolute atomic E-state index is 10.6. The van der Waals surface area contributed by atoms with E-state index in [-0.39, 0.29) is 0 Å². The molecule has 0 aromatic heterocycles. The van der Waals surface area contributed by atoms with Crippen molar-refractivity contribution in [2.45, 2.75) is 26.4 Å². The van der Waals surface area contributed by atoms with Crippen molar-refractivity contribution < 1.29 is 9.84 Å². The summed E-state index contributed by atoms with van der Waals surface area (Å²) in [4.78, 5) is 0. The molecule has 0 amide bonds. The molecule has 0 spiro atoms. The van der Waals surface area contributed by atoms with Crippen LogP contribution >= 0.6 is 11.6 Å². The number of aliphatic hydroxyl groups excluding tert-OH is 1. The lowest BCUT2D eigenvalue weighted by Crippen LogP contribution is -2.07. The van der Waals surface area contributed by atoms with Gasteiger partial charge >= 0.3 is 0 Å². The molecule has 2 rings (SSSR count). The van der Waals surface area contributed by atoms with Crippen molar-refractivity contribution in [3.63, 3.8) is 0 Å². The minimum Gasteiger partial charge on any atom is -0.496 e. The van der Waals surface area contributed by atoms with Gasteiger partial charge in [0, 0.05) is 12.0 Å². The molecule has 2 aromatic carbocycles. The van der Waals surface area contributed by atoms with Crippen molar-refractivity contribution in [2.75, 3.05) is 7.11 Å². The van der Waals surface area contributed by atoms with Gasteiger partial charge in [-0.2, -0.15) is 0 Å². The van der Waals surface area contributed by atoms with Gasteiger partial charge in [-0.25, -0.2) is 0 Å². The summed E-state index contributed by atoms with van der Waals surface area (Å²) in [5, 5.41) is 11.1. The Balaban J connectivity index is 2.36. The van der Waals surface area contributed by atoms with Crippen molar-refractivity contribution in [3.8, 4) is 5.75 Å². The first-order valence-corrected chi connectivity index (χ1v) is 6.98. The van der Waals surface area contributed by atoms with Crippen LogP contribution in [0.2, 0.25) is 5.02 Å². The molecule has 2 aromatic rings. The van der Waals surface area contributed by atoms with E-state index in [1.807, 2.05) is 18.2 Å². The van der Waals surface area contributed by atoms with Crippen molar-refractivity contribution >= 4 is 11.6 Å². The summed E-state index contributed by atoms with van der Waals surface area (Å²) in [6, 6.07) is 11.5. The number of benzene rings is 2. The molecule has 0 radical (unpaired) electrons. The Morgan fingerprint density at radius 2 is 1.70 bits per heavy atom. The number of aryl methyl sites for hydroxylation is 2. The lowest BCUT2D eigenvalue weighted by atomic mass is 9.94. The summed E-state index contributed by atoms with van der Waals surface area (Å²) in [6.45, 7) is 4.11. The van der Waals surface area contributed by atoms with Gasteiger partial charge in [-0.15, -0.1) is 0 Å². The number of hydrogen-bond acceptors (Lipinski definition) is 2. The highest BCUT2D eigenvalue weighted by atomic mass is 35.5. The number of rotatable bonds is 4. The maximum Gasteiger partial charge on any atom is 0.126 e. The number of methoxy groups -OCH3 is 1. The Morgan fingerprint density at radius 1 is 1.10 bits per heavy atom. The van der Waals surface area contributed by atoms with Crippen LogP contribution in [-0.2, 0) is 6.42 Å². The van der Waals surface area contributed by atoms with Crippen LogP contribution in [0, 0.1) is 13.8 Å². The Bertz CT molecular complexity index is 588. The van der Waals surface area contributed by atoms with E-state index < -0.39 is 6.10 Å². The molecule has 20 heavy (non-hydrogen) atoms. The molecule has 3 heteroatoms. The van der Waals surface area contributed by atoms with Crippen LogP contribution in [0.5, 0.6) is 5.75 Å². The predicted molar refractivity (Wildman–Crippen MR) is 82.6 cm³/mol. The van der Waals surface area contributed by atoms with Crippen molar-refractivity contribution in [2.24, 2.45) is 0 Å². The Labute approximate surface area is 125 Å². The molecular weight excluding hydrogens is 272 g/mol. The van der Waals surface area contributed by atoms with E-state index in [2.05, 4.69) is 26.0 Å². The molecule has 0 aliphatic carbocycles. The molecule has 0 aliphatic rings. The van der Waals surface area contributed by atoms with E-state index in [1.54, 1.807) is 13.2 Å². The fraction of sp³-hybridized carbons (Fsp3) is 0.294. The highest BCUT2D eigenvalue weighted by Crippen LogP contribution is 2.34. The average molecular weight is 291 g/mol. The molecule has 1 N–H and O–H groups in total. The molecule has 106 valence electrons. The van der Waals surface area contributed by atoms with Crippen LogP contribution in [0.4, 0.5) is 0 Å². The second-order valence-corrected chi connectivity index (χ2v) is 5.35. The van der Waals surface area contributed by atoms with Crippen LogP contribution in [0.1, 0.15) is 28.4 Å². The van der Waals surface area contributed by atoms with Gasteiger partial charge in [0.1, 0.15) is 5.75 Å². The van der Waals surface area contributed by atoms with E-state index in [1.165, 1.54) is 11.1 Å². The number of ether oxygens (including phenoxy) is 1. The number of aliphatic hydroxyl groups is 1. The summed E-state index contributed by atoms with van der Waals surface area (Å²) in [5.41, 5.74) is 4.16. The molecule has 0 bridgehead atoms. The standard InChI is InChI=1S/C17H19ClO2/c1-11-6-4-7-12(2)13(11)10-15(19)17-14(18)8-5-9-16(17)20-3/h4-9,15,19H,10H2,1-3H3. The molecule has 0 aliphatic heterocycles. The second-order valence-electron chi connectivity index (χ2n) is 4.95. The first kappa shape index (κ1) is 14.9. The van der Waals surface area contributed by atoms with Crippen LogP contribution < -0.4 is 4.74 Å². The van der Waals surface area contributed by atoms with E-state index in [0.29, 0.717) is 22.8 Å². The van der Waals surface area contributed by atoms with E-state index in [0.717, 1.165) is 5.56 Å². The minimum absolute atomic E-state index is 0.526. The van der Waals surface area contributed by atoms with Gasteiger partial charge in [0.2, 0.25) is 0 Å². The molecule has 2 nitrogen and oxygen atoms in total. The first-order chi connectivity index (χ1) is 9.54. The lowest BCUT2D eigenvalue weighted by molar-refractivity contribution is 0.173. The summed E-state index contributed by atoms with van der Waals surface area (Å²) in [5.74, 6) is 0.622. The topological polar surface area (TPSA) is 29.5 Å². The van der Waals surface area contributed by atoms with E-state index >= 15 is 0 Å². The van der Waals surface area contributed by atoms with E-state index in [4.69, 9.17) is 16.3 Å². The predicted octanol–water partition coefficient (Wildman–Crippen LogP) is 4.24. The van der Waals surface area contributed by atoms with Gasteiger partial charge in [-0.1, -0.05) is 35.9 Å². The second kappa shape index (κ2) is 6.29. The fourth-order valence-electron chi connectivity index (χ4n) is 2.48. The van der Waals surface area contributed by atoms with Gasteiger partial charge in [0.15, 0.2) is 0 Å². The third-order valence-electron chi connectivity index (χ3n) is 3.61. The molecule has 1 unspecified atom stereocenters. The van der Waals surface area contributed by atoms with Crippen LogP contribution in [0.25, 0.3) is 0 Å². The zero-order valence-corrected chi connectivity index (χ0v) is 12.7. The summed E-state index contributed by atoms with van der Waals surface area (Å²) in [7, 11) is 1.58. The largest absolute Gasteiger partial charge is 0.496 e. The Hall–Kier alpha value is -1.51. The molecule has 0 fully saturated rings. The van der Waals surface area contributed by atoms with Crippen LogP contribution in [0.3, 0.4) is 0 Å². The van der Waals surface area contributed by atoms with Crippen LogP contribution in [-0.4, -0.2) is 12.2 Å². The monoisotopic (exact) mass is 290 g/mol. The summed E-state index contributed by atoms with van der Waals surface area (Å²) >= 11 is 6.21. The summed E-state index contributed by atoms with van der Waals surface area (Å²) in [6.07, 6.45) is -0.156. The third kappa shape index (κ3) is 2.97. The first-order valence-electron chi connectivity index (χ1n) is 6.60. The Morgan fingerprint density at radius 3 is 2.30 bits per heavy atom. The fourth-order valence-corrected chi connectivity index (χ4v) is 2.78. The van der Waals surface area contributed by atoms with E-state index in [9.17, 15) is 5.11 Å². The normalized spacial score (nSPS) is 12.2. The van der Waals surface area contributed by atoms with Gasteiger partial charge in [-0.05, 0) is 42.7 Å². The minimum atomic E-state index is -0.682. The van der Waals surface area contributed by atoms with Gasteiger partial charge in [0.25, 0.3) is 0 Å². The van der Waals surface area contributed by atoms with Crippen molar-refractivity contribution in [3.05, 3.63) is 63.7 Å². The highest BCUT2D eigenvalue weighted by Gasteiger charge is 2.19. The SMILES string of the molecule is COc1cccc(Cl)c1C(O)Cc1c(C)cccc1C. The molecule has 0 saturated heterocycles. The molecule has 0 heterocycles. The van der Waals surface area contributed by atoms with Crippen molar-refractivity contribution in [1.29, 1.82) is 0 Å². The number of hydrogen-bond donors (Lipinski definition) is 1. The third-order valence-corrected chi connectivity index (χ3v) is 3.94. The Kier molecular flexibility index (Phi) is 4.69. The highest BCUT2D eigenvalue weighted by molar-refractivity contribution is 6.31. The molecular formula is C17H19ClO2. The smallest absolute Gasteiger partial charge is 0.126 e. The lowest BCUT2D eigenvalue weighted by Gasteiger charge is -2.18. The zero-order chi connectivity index (χ0) is 14.7. The average Bonchev–Trinajstić information content (AvgIpc) is 2.42. The maximum atomic E-state index is 10.6. The van der Waals surface area contributed by atoms with Gasteiger partial charge in [-0.3, -0.25) is 0 Å². The zero-order valence-electron chi connectivity index (χ0n) is 12.0. The number of halogens is 1. The summed E-state index contributed by atoms with van der Waals surface area (Å²) < 4.78 is 5.30. The van der Waals surface area contributed by atoms with Crippen LogP contribution in [0.15, 0.2) is 36.4 Å². The molecule has 0 saturated carbocycles. The van der Waals surface area contributed by atoms with Gasteiger partial charge in [0.05, 0.1) is 18.2 Å².